The zero-order valence-electron chi connectivity index (χ0n) is 31.1. The molecule has 1 aliphatic heterocycles. The largest absolute Gasteiger partial charge is 0.491 e. The smallest absolute Gasteiger partial charge is 0.262 e. The van der Waals surface area contributed by atoms with E-state index in [1.807, 2.05) is 24.3 Å². The molecule has 10 heteroatoms. The quantitative estimate of drug-likeness (QED) is 0.0700. The SMILES string of the molecule is CCCCCCCCCCCCCCCCCCOc1ccc(S(=O)(=O)Nc2ccccc2Cl)cc1NC(=O)C(C)C(=O)N1CCc2ccccc21. The molecule has 2 amide bonds. The van der Waals surface area contributed by atoms with Gasteiger partial charge in [-0.3, -0.25) is 14.3 Å². The Balaban J connectivity index is 1.28. The molecule has 1 heterocycles. The number of fused-ring (bicyclic) bond motifs is 1. The number of anilines is 3. The van der Waals surface area contributed by atoms with Crippen LogP contribution in [0.15, 0.2) is 71.6 Å². The number of hydrogen-bond donors (Lipinski definition) is 2. The molecule has 0 radical (unpaired) electrons. The summed E-state index contributed by atoms with van der Waals surface area (Å²) in [5.74, 6) is -1.53. The first kappa shape index (κ1) is 41.2. The predicted octanol–water partition coefficient (Wildman–Crippen LogP) is 10.9. The molecule has 0 saturated heterocycles. The van der Waals surface area contributed by atoms with Crippen LogP contribution in [0.3, 0.4) is 0 Å². The van der Waals surface area contributed by atoms with E-state index in [1.54, 1.807) is 42.2 Å². The summed E-state index contributed by atoms with van der Waals surface area (Å²) in [6.07, 6.45) is 21.1. The van der Waals surface area contributed by atoms with Gasteiger partial charge in [0.2, 0.25) is 11.8 Å². The monoisotopic (exact) mass is 751 g/mol. The molecule has 3 aromatic carbocycles. The van der Waals surface area contributed by atoms with Gasteiger partial charge >= 0.3 is 0 Å². The molecule has 0 aromatic heterocycles. The number of carbonyl (C=O) groups is 2. The lowest BCUT2D eigenvalue weighted by Gasteiger charge is -2.22. The topological polar surface area (TPSA) is 105 Å². The second-order valence-corrected chi connectivity index (χ2v) is 16.1. The molecule has 0 aliphatic carbocycles. The number of nitrogens with zero attached hydrogens (tertiary/aromatic N) is 1. The van der Waals surface area contributed by atoms with Crippen LogP contribution in [0.4, 0.5) is 17.1 Å². The van der Waals surface area contributed by atoms with E-state index in [0.717, 1.165) is 36.9 Å². The van der Waals surface area contributed by atoms with Gasteiger partial charge in [-0.25, -0.2) is 8.42 Å². The van der Waals surface area contributed by atoms with Crippen LogP contribution in [-0.2, 0) is 26.0 Å². The number of sulfonamides is 1. The first-order valence-electron chi connectivity index (χ1n) is 19.5. The Hall–Kier alpha value is -3.56. The maximum absolute atomic E-state index is 13.5. The maximum atomic E-state index is 13.5. The van der Waals surface area contributed by atoms with Crippen molar-refractivity contribution in [2.24, 2.45) is 5.92 Å². The molecule has 0 bridgehead atoms. The van der Waals surface area contributed by atoms with Crippen molar-refractivity contribution in [3.8, 4) is 5.75 Å². The lowest BCUT2D eigenvalue weighted by atomic mass is 10.0. The van der Waals surface area contributed by atoms with Crippen molar-refractivity contribution in [2.75, 3.05) is 28.1 Å². The summed E-state index contributed by atoms with van der Waals surface area (Å²) in [5.41, 5.74) is 2.31. The highest BCUT2D eigenvalue weighted by molar-refractivity contribution is 7.92. The molecule has 284 valence electrons. The number of amides is 2. The van der Waals surface area contributed by atoms with Gasteiger partial charge in [-0.05, 0) is 61.7 Å². The molecule has 1 aliphatic rings. The summed E-state index contributed by atoms with van der Waals surface area (Å²) in [6, 6.07) is 18.6. The van der Waals surface area contributed by atoms with Gasteiger partial charge in [0.15, 0.2) is 0 Å². The zero-order valence-corrected chi connectivity index (χ0v) is 32.7. The number of para-hydroxylation sites is 2. The van der Waals surface area contributed by atoms with Gasteiger partial charge in [0, 0.05) is 12.2 Å². The van der Waals surface area contributed by atoms with Crippen molar-refractivity contribution in [1.29, 1.82) is 0 Å². The normalized spacial score (nSPS) is 13.1. The van der Waals surface area contributed by atoms with Crippen molar-refractivity contribution in [1.82, 2.24) is 0 Å². The minimum absolute atomic E-state index is 0.0788. The van der Waals surface area contributed by atoms with E-state index < -0.39 is 21.8 Å². The van der Waals surface area contributed by atoms with Gasteiger partial charge in [0.25, 0.3) is 10.0 Å². The Labute approximate surface area is 317 Å². The van der Waals surface area contributed by atoms with Gasteiger partial charge < -0.3 is 15.0 Å². The van der Waals surface area contributed by atoms with Crippen molar-refractivity contribution in [2.45, 2.75) is 128 Å². The number of hydrogen-bond acceptors (Lipinski definition) is 5. The molecule has 0 saturated carbocycles. The van der Waals surface area contributed by atoms with E-state index in [1.165, 1.54) is 95.6 Å². The summed E-state index contributed by atoms with van der Waals surface area (Å²) in [5, 5.41) is 3.06. The van der Waals surface area contributed by atoms with E-state index in [0.29, 0.717) is 18.9 Å². The van der Waals surface area contributed by atoms with Gasteiger partial charge in [-0.2, -0.15) is 0 Å². The van der Waals surface area contributed by atoms with Gasteiger partial charge in [-0.15, -0.1) is 0 Å². The first-order valence-corrected chi connectivity index (χ1v) is 21.3. The molecular formula is C42H58ClN3O5S. The number of unbranched alkanes of at least 4 members (excludes halogenated alkanes) is 15. The number of halogens is 1. The van der Waals surface area contributed by atoms with Crippen molar-refractivity contribution in [3.05, 3.63) is 77.3 Å². The van der Waals surface area contributed by atoms with Crippen LogP contribution in [0.25, 0.3) is 0 Å². The van der Waals surface area contributed by atoms with Crippen LogP contribution in [0, 0.1) is 5.92 Å². The Morgan fingerprint density at radius 2 is 1.35 bits per heavy atom. The predicted molar refractivity (Wildman–Crippen MR) is 214 cm³/mol. The number of benzene rings is 3. The first-order chi connectivity index (χ1) is 25.2. The van der Waals surface area contributed by atoms with Crippen molar-refractivity contribution in [3.63, 3.8) is 0 Å². The van der Waals surface area contributed by atoms with E-state index in [9.17, 15) is 18.0 Å². The summed E-state index contributed by atoms with van der Waals surface area (Å²) in [7, 11) is -4.06. The number of carbonyl (C=O) groups excluding carboxylic acids is 2. The van der Waals surface area contributed by atoms with E-state index in [4.69, 9.17) is 16.3 Å². The van der Waals surface area contributed by atoms with Crippen molar-refractivity contribution >= 4 is 50.5 Å². The number of rotatable bonds is 24. The average Bonchev–Trinajstić information content (AvgIpc) is 3.58. The molecular weight excluding hydrogens is 694 g/mol. The molecule has 0 fully saturated rings. The fourth-order valence-corrected chi connectivity index (χ4v) is 7.98. The van der Waals surface area contributed by atoms with Gasteiger partial charge in [-0.1, -0.05) is 145 Å². The Morgan fingerprint density at radius 3 is 1.98 bits per heavy atom. The highest BCUT2D eigenvalue weighted by atomic mass is 35.5. The molecule has 2 N–H and O–H groups in total. The van der Waals surface area contributed by atoms with Crippen LogP contribution < -0.4 is 19.7 Å². The van der Waals surface area contributed by atoms with Crippen LogP contribution >= 0.6 is 11.6 Å². The Kier molecular flexibility index (Phi) is 17.3. The molecule has 3 aromatic rings. The summed E-state index contributed by atoms with van der Waals surface area (Å²) in [6.45, 7) is 4.75. The van der Waals surface area contributed by atoms with E-state index in [-0.39, 0.29) is 27.2 Å². The summed E-state index contributed by atoms with van der Waals surface area (Å²) < 4.78 is 35.4. The van der Waals surface area contributed by atoms with Gasteiger partial charge in [0.05, 0.1) is 27.9 Å². The molecule has 8 nitrogen and oxygen atoms in total. The van der Waals surface area contributed by atoms with E-state index >= 15 is 0 Å². The highest BCUT2D eigenvalue weighted by Crippen LogP contribution is 2.32. The second kappa shape index (κ2) is 21.8. The molecule has 52 heavy (non-hydrogen) atoms. The zero-order chi connectivity index (χ0) is 37.2. The third-order valence-electron chi connectivity index (χ3n) is 9.81. The molecule has 0 spiro atoms. The fourth-order valence-electron chi connectivity index (χ4n) is 6.63. The highest BCUT2D eigenvalue weighted by Gasteiger charge is 2.32. The lowest BCUT2D eigenvalue weighted by Crippen LogP contribution is -2.39. The number of nitrogens with one attached hydrogen (secondary N) is 2. The number of ether oxygens (including phenoxy) is 1. The van der Waals surface area contributed by atoms with Crippen LogP contribution in [0.2, 0.25) is 5.02 Å². The molecule has 1 unspecified atom stereocenters. The van der Waals surface area contributed by atoms with Crippen LogP contribution in [-0.4, -0.2) is 33.4 Å². The average molecular weight is 752 g/mol. The van der Waals surface area contributed by atoms with Crippen LogP contribution in [0.1, 0.15) is 122 Å². The third-order valence-corrected chi connectivity index (χ3v) is 11.5. The Bertz CT molecular complexity index is 1680. The third kappa shape index (κ3) is 12.8. The summed E-state index contributed by atoms with van der Waals surface area (Å²) >= 11 is 6.21. The van der Waals surface area contributed by atoms with Gasteiger partial charge in [0.1, 0.15) is 11.7 Å². The van der Waals surface area contributed by atoms with Crippen LogP contribution in [0.5, 0.6) is 5.75 Å². The van der Waals surface area contributed by atoms with E-state index in [2.05, 4.69) is 17.0 Å². The fraction of sp³-hybridized carbons (Fsp3) is 0.524. The molecule has 4 rings (SSSR count). The minimum Gasteiger partial charge on any atom is -0.491 e. The Morgan fingerprint density at radius 1 is 0.769 bits per heavy atom. The minimum atomic E-state index is -4.06. The standard InChI is InChI=1S/C42H58ClN3O5S/c1-3-4-5-6-7-8-9-10-11-12-13-14-15-16-17-22-31-51-40-28-27-35(52(49,50)45-37-25-20-19-24-36(37)43)32-38(40)44-41(47)33(2)42(48)46-30-29-34-23-18-21-26-39(34)46/h18-21,23-28,32-33,45H,3-17,22,29-31H2,1-2H3,(H,44,47). The molecule has 1 atom stereocenters. The lowest BCUT2D eigenvalue weighted by molar-refractivity contribution is -0.130. The van der Waals surface area contributed by atoms with Crippen molar-refractivity contribution < 1.29 is 22.7 Å². The maximum Gasteiger partial charge on any atom is 0.262 e. The second-order valence-electron chi connectivity index (χ2n) is 14.0. The summed E-state index contributed by atoms with van der Waals surface area (Å²) in [4.78, 5) is 28.5.